The summed E-state index contributed by atoms with van der Waals surface area (Å²) < 4.78 is 76.6. The van der Waals surface area contributed by atoms with Crippen LogP contribution in [0.25, 0.3) is 0 Å². The minimum atomic E-state index is -2.96. The van der Waals surface area contributed by atoms with E-state index in [-0.39, 0.29) is 50.5 Å². The Labute approximate surface area is 392 Å². The third-order valence-electron chi connectivity index (χ3n) is 14.3. The molecule has 0 amide bonds. The number of carbonyl (C=O) groups is 3. The molecule has 2 unspecified atom stereocenters. The van der Waals surface area contributed by atoms with Crippen LogP contribution in [0.5, 0.6) is 0 Å². The first-order chi connectivity index (χ1) is 30.7. The molecule has 4 fully saturated rings. The van der Waals surface area contributed by atoms with Gasteiger partial charge in [-0.15, -0.1) is 12.3 Å². The molecule has 4 aliphatic rings. The van der Waals surface area contributed by atoms with Crippen LogP contribution in [0.4, 0.5) is 4.39 Å². The number of esters is 2. The zero-order valence-corrected chi connectivity index (χ0v) is 42.1. The standard InChI is InChI=1S/C49H79FN2O14/c1-18-20-21-52(16)36-22-29(5)60-44(30(36)6)65-40-32(8)41(64-38-24-46(12,57-17)43(33(9)61-38)62-34(10)53)48(14,50)45(55)63-37(19-2)49(15,56)42-31(7)39(51-66-35(11)54)28(4)23-47(40,13)59-26-27(3)25-58-42/h1,28-33,36-38,40-44,56H,3,19-26H2,2,4-17H3/b51-39-/t28-,29-,30-,31+,32-,33+,36+,37-,38?,40-,41+,42-,43+,44?,46-,47-,48+,49-/m1/s1. The zero-order valence-electron chi connectivity index (χ0n) is 42.1. The van der Waals surface area contributed by atoms with Crippen molar-refractivity contribution in [3.05, 3.63) is 12.2 Å². The van der Waals surface area contributed by atoms with Crippen LogP contribution >= 0.6 is 0 Å². The van der Waals surface area contributed by atoms with Crippen molar-refractivity contribution >= 4 is 23.6 Å². The second-order valence-corrected chi connectivity index (χ2v) is 20.1. The van der Waals surface area contributed by atoms with Gasteiger partial charge in [0, 0.05) is 70.1 Å². The molecule has 0 aromatic rings. The van der Waals surface area contributed by atoms with Crippen LogP contribution in [-0.2, 0) is 61.9 Å². The van der Waals surface area contributed by atoms with Crippen molar-refractivity contribution in [1.29, 1.82) is 0 Å². The van der Waals surface area contributed by atoms with Gasteiger partial charge < -0.3 is 57.5 Å². The van der Waals surface area contributed by atoms with E-state index in [4.69, 9.17) is 53.9 Å². The number of terminal acetylenes is 1. The van der Waals surface area contributed by atoms with Gasteiger partial charge in [0.15, 0.2) is 18.7 Å². The monoisotopic (exact) mass is 939 g/mol. The lowest BCUT2D eigenvalue weighted by Gasteiger charge is -2.51. The van der Waals surface area contributed by atoms with Gasteiger partial charge in [0.05, 0.1) is 48.9 Å². The lowest BCUT2D eigenvalue weighted by Crippen LogP contribution is -2.63. The fourth-order valence-corrected chi connectivity index (χ4v) is 10.7. The number of alkyl halides is 1. The van der Waals surface area contributed by atoms with E-state index in [0.717, 1.165) is 6.92 Å². The van der Waals surface area contributed by atoms with Gasteiger partial charge in [-0.25, -0.2) is 14.0 Å². The highest BCUT2D eigenvalue weighted by Gasteiger charge is 2.59. The summed E-state index contributed by atoms with van der Waals surface area (Å²) in [6, 6.07) is -0.0282. The van der Waals surface area contributed by atoms with Crippen LogP contribution in [-0.4, -0.2) is 151 Å². The number of cyclic esters (lactones) is 1. The van der Waals surface area contributed by atoms with Crippen molar-refractivity contribution in [3.63, 3.8) is 0 Å². The molecule has 0 radical (unpaired) electrons. The van der Waals surface area contributed by atoms with E-state index in [1.165, 1.54) is 27.9 Å². The van der Waals surface area contributed by atoms with Crippen LogP contribution in [0.15, 0.2) is 17.3 Å². The Morgan fingerprint density at radius 3 is 2.24 bits per heavy atom. The van der Waals surface area contributed by atoms with Gasteiger partial charge in [0.25, 0.3) is 0 Å². The van der Waals surface area contributed by atoms with E-state index < -0.39 is 107 Å². The van der Waals surface area contributed by atoms with Crippen molar-refractivity contribution in [2.45, 2.75) is 206 Å². The molecule has 376 valence electrons. The first kappa shape index (κ1) is 55.5. The van der Waals surface area contributed by atoms with E-state index >= 15 is 4.39 Å². The Kier molecular flexibility index (Phi) is 19.0. The highest BCUT2D eigenvalue weighted by Crippen LogP contribution is 2.45. The molecule has 0 aromatic carbocycles. The Balaban J connectivity index is 2.03. The van der Waals surface area contributed by atoms with Crippen LogP contribution in [0.1, 0.15) is 122 Å². The average Bonchev–Trinajstić information content (AvgIpc) is 3.24. The summed E-state index contributed by atoms with van der Waals surface area (Å²) in [5.41, 5.74) is -6.65. The van der Waals surface area contributed by atoms with Crippen molar-refractivity contribution in [2.75, 3.05) is 33.9 Å². The van der Waals surface area contributed by atoms with Gasteiger partial charge in [0.1, 0.15) is 23.4 Å². The molecule has 0 spiro atoms. The molecular formula is C49H79FN2O14. The molecule has 16 nitrogen and oxygen atoms in total. The smallest absolute Gasteiger partial charge is 0.346 e. The van der Waals surface area contributed by atoms with Gasteiger partial charge in [-0.05, 0) is 73.4 Å². The van der Waals surface area contributed by atoms with E-state index in [2.05, 4.69) is 22.6 Å². The Hall–Kier alpha value is -3.05. The molecule has 18 atom stereocenters. The third kappa shape index (κ3) is 12.6. The molecule has 4 saturated heterocycles. The van der Waals surface area contributed by atoms with Crippen molar-refractivity contribution in [2.24, 2.45) is 28.8 Å². The largest absolute Gasteiger partial charge is 0.457 e. The number of nitrogens with zero attached hydrogens (tertiary/aromatic N) is 2. The van der Waals surface area contributed by atoms with E-state index in [1.54, 1.807) is 34.6 Å². The molecule has 0 aromatic heterocycles. The van der Waals surface area contributed by atoms with Gasteiger partial charge in [-0.1, -0.05) is 46.4 Å². The topological polar surface area (TPSA) is 179 Å². The Bertz CT molecular complexity index is 1770. The van der Waals surface area contributed by atoms with Gasteiger partial charge in [-0.2, -0.15) is 0 Å². The predicted octanol–water partition coefficient (Wildman–Crippen LogP) is 6.09. The second kappa shape index (κ2) is 22.6. The summed E-state index contributed by atoms with van der Waals surface area (Å²) in [6.45, 7) is 26.2. The van der Waals surface area contributed by atoms with Crippen LogP contribution in [0, 0.1) is 36.0 Å². The number of halogens is 1. The van der Waals surface area contributed by atoms with E-state index in [0.29, 0.717) is 30.7 Å². The number of aliphatic hydroxyl groups is 1. The average molecular weight is 939 g/mol. The number of hydrogen-bond donors (Lipinski definition) is 1. The first-order valence-corrected chi connectivity index (χ1v) is 23.4. The minimum absolute atomic E-state index is 0.0282. The third-order valence-corrected chi connectivity index (χ3v) is 14.3. The fraction of sp³-hybridized carbons (Fsp3) is 0.837. The summed E-state index contributed by atoms with van der Waals surface area (Å²) in [6.07, 6.45) is -2.35. The van der Waals surface area contributed by atoms with Crippen LogP contribution in [0.2, 0.25) is 0 Å². The number of methoxy groups -OCH3 is 1. The molecule has 1 N–H and O–H groups in total. The normalized spacial score (nSPS) is 43.7. The molecule has 4 heterocycles. The predicted molar refractivity (Wildman–Crippen MR) is 243 cm³/mol. The molecule has 0 aliphatic carbocycles. The maximum atomic E-state index is 18.4. The van der Waals surface area contributed by atoms with Crippen molar-refractivity contribution in [3.8, 4) is 12.3 Å². The van der Waals surface area contributed by atoms with Crippen LogP contribution < -0.4 is 0 Å². The van der Waals surface area contributed by atoms with Crippen LogP contribution in [0.3, 0.4) is 0 Å². The number of rotatable bonds is 11. The molecule has 4 aliphatic heterocycles. The highest BCUT2D eigenvalue weighted by molar-refractivity contribution is 5.89. The summed E-state index contributed by atoms with van der Waals surface area (Å²) in [5, 5.41) is 16.9. The molecule has 4 rings (SSSR count). The van der Waals surface area contributed by atoms with Gasteiger partial charge >= 0.3 is 17.9 Å². The number of oxime groups is 1. The molecular weight excluding hydrogens is 860 g/mol. The minimum Gasteiger partial charge on any atom is -0.457 e. The van der Waals surface area contributed by atoms with E-state index in [1.807, 2.05) is 34.7 Å². The first-order valence-electron chi connectivity index (χ1n) is 23.4. The number of ether oxygens (including phenoxy) is 9. The molecule has 0 saturated carbocycles. The Morgan fingerprint density at radius 1 is 0.985 bits per heavy atom. The number of hydrogen-bond acceptors (Lipinski definition) is 16. The van der Waals surface area contributed by atoms with E-state index in [9.17, 15) is 19.5 Å². The summed E-state index contributed by atoms with van der Waals surface area (Å²) in [7, 11) is 3.48. The van der Waals surface area contributed by atoms with Crippen molar-refractivity contribution in [1.82, 2.24) is 4.90 Å². The summed E-state index contributed by atoms with van der Waals surface area (Å²) in [5.74, 6) is -2.50. The number of carbonyl (C=O) groups excluding carboxylic acids is 3. The fourth-order valence-electron chi connectivity index (χ4n) is 10.7. The molecule has 66 heavy (non-hydrogen) atoms. The SMILES string of the molecule is C#CCCN(C)[C@H]1C[C@@H](C)OC(O[C@@H]2[C@@H](C)[C@H](OC3C[C@@](C)(OC)[C@@H](OC(C)=O)[C@H](C)O3)[C@](C)(F)C(=O)O[C@H](CC)[C@@](C)(O)[C@@H]3OCC(=C)CO[C@]2(C)C[C@@H](C)/C(=N/OC(C)=O)[C@@H]3C)[C@@H]1C. The summed E-state index contributed by atoms with van der Waals surface area (Å²) in [4.78, 5) is 46.8. The maximum Gasteiger partial charge on any atom is 0.346 e. The van der Waals surface area contributed by atoms with Gasteiger partial charge in [0.2, 0.25) is 5.67 Å². The van der Waals surface area contributed by atoms with Crippen molar-refractivity contribution < 1.29 is 71.3 Å². The summed E-state index contributed by atoms with van der Waals surface area (Å²) >= 11 is 0. The highest BCUT2D eigenvalue weighted by atomic mass is 19.1. The van der Waals surface area contributed by atoms with Gasteiger partial charge in [-0.3, -0.25) is 4.79 Å². The molecule has 2 bridgehead atoms. The zero-order chi connectivity index (χ0) is 49.7. The Morgan fingerprint density at radius 2 is 1.65 bits per heavy atom. The lowest BCUT2D eigenvalue weighted by molar-refractivity contribution is -0.321. The quantitative estimate of drug-likeness (QED) is 0.0827. The second-order valence-electron chi connectivity index (χ2n) is 20.1. The maximum absolute atomic E-state index is 18.4. The molecule has 17 heteroatoms. The number of fused-ring (bicyclic) bond motifs is 5. The lowest BCUT2D eigenvalue weighted by atomic mass is 9.73.